The molecule has 2 rings (SSSR count). The highest BCUT2D eigenvalue weighted by Gasteiger charge is 2.20. The molecular formula is C12H17N5O3S. The van der Waals surface area contributed by atoms with E-state index < -0.39 is 10.0 Å². The minimum absolute atomic E-state index is 0.0461. The van der Waals surface area contributed by atoms with Crippen molar-refractivity contribution in [3.63, 3.8) is 0 Å². The fraction of sp³-hybridized carbons (Fsp3) is 0.333. The van der Waals surface area contributed by atoms with Crippen LogP contribution >= 0.6 is 0 Å². The molecule has 21 heavy (non-hydrogen) atoms. The van der Waals surface area contributed by atoms with Crippen molar-refractivity contribution in [2.75, 3.05) is 7.05 Å². The standard InChI is InChI=1S/C12H17N5O3S/c1-8-9(5-14-16-8)6-15-21(19,20)10-4-11(12(18)13-2)17(3)7-10/h4-5,7,15H,6H2,1-3H3,(H,13,18)(H,14,16). The normalized spacial score (nSPS) is 11.6. The van der Waals surface area contributed by atoms with Gasteiger partial charge >= 0.3 is 0 Å². The average Bonchev–Trinajstić information content (AvgIpc) is 3.02. The molecule has 0 saturated carbocycles. The third-order valence-corrected chi connectivity index (χ3v) is 4.51. The van der Waals surface area contributed by atoms with Gasteiger partial charge in [-0.25, -0.2) is 13.1 Å². The van der Waals surface area contributed by atoms with Crippen LogP contribution in [0.4, 0.5) is 0 Å². The number of hydrogen-bond donors (Lipinski definition) is 3. The fourth-order valence-corrected chi connectivity index (χ4v) is 2.92. The van der Waals surface area contributed by atoms with Crippen molar-refractivity contribution < 1.29 is 13.2 Å². The molecule has 0 spiro atoms. The van der Waals surface area contributed by atoms with Gasteiger partial charge in [-0.05, 0) is 13.0 Å². The molecule has 2 aromatic rings. The summed E-state index contributed by atoms with van der Waals surface area (Å²) in [5.41, 5.74) is 1.84. The van der Waals surface area contributed by atoms with Crippen molar-refractivity contribution in [3.8, 4) is 0 Å². The van der Waals surface area contributed by atoms with Crippen LogP contribution in [-0.4, -0.2) is 36.1 Å². The van der Waals surface area contributed by atoms with Gasteiger partial charge in [0.05, 0.1) is 6.20 Å². The summed E-state index contributed by atoms with van der Waals surface area (Å²) in [6, 6.07) is 1.34. The van der Waals surface area contributed by atoms with Gasteiger partial charge in [-0.2, -0.15) is 5.10 Å². The van der Waals surface area contributed by atoms with E-state index >= 15 is 0 Å². The predicted molar refractivity (Wildman–Crippen MR) is 76.2 cm³/mol. The number of aryl methyl sites for hydroxylation is 2. The topological polar surface area (TPSA) is 109 Å². The second-order valence-corrected chi connectivity index (χ2v) is 6.36. The van der Waals surface area contributed by atoms with E-state index in [2.05, 4.69) is 20.2 Å². The lowest BCUT2D eigenvalue weighted by Gasteiger charge is -2.03. The van der Waals surface area contributed by atoms with E-state index in [-0.39, 0.29) is 23.0 Å². The lowest BCUT2D eigenvalue weighted by Crippen LogP contribution is -2.23. The number of aromatic amines is 1. The molecule has 0 aliphatic heterocycles. The fourth-order valence-electron chi connectivity index (χ4n) is 1.84. The molecule has 9 heteroatoms. The van der Waals surface area contributed by atoms with Crippen LogP contribution in [0, 0.1) is 6.92 Å². The molecule has 3 N–H and O–H groups in total. The number of aromatic nitrogens is 3. The maximum Gasteiger partial charge on any atom is 0.267 e. The maximum atomic E-state index is 12.2. The van der Waals surface area contributed by atoms with Crippen LogP contribution in [-0.2, 0) is 23.6 Å². The Morgan fingerprint density at radius 1 is 1.48 bits per heavy atom. The number of H-pyrrole nitrogens is 1. The molecule has 0 fully saturated rings. The highest BCUT2D eigenvalue weighted by molar-refractivity contribution is 7.89. The summed E-state index contributed by atoms with van der Waals surface area (Å²) in [5.74, 6) is -0.343. The second kappa shape index (κ2) is 5.70. The van der Waals surface area contributed by atoms with Gasteiger partial charge in [0.25, 0.3) is 5.91 Å². The van der Waals surface area contributed by atoms with Crippen molar-refractivity contribution in [1.29, 1.82) is 0 Å². The molecule has 0 radical (unpaired) electrons. The number of carbonyl (C=O) groups is 1. The van der Waals surface area contributed by atoms with E-state index in [0.717, 1.165) is 11.3 Å². The quantitative estimate of drug-likeness (QED) is 0.716. The van der Waals surface area contributed by atoms with Crippen molar-refractivity contribution >= 4 is 15.9 Å². The average molecular weight is 311 g/mol. The van der Waals surface area contributed by atoms with Gasteiger partial charge in [0.1, 0.15) is 10.6 Å². The number of hydrogen-bond acceptors (Lipinski definition) is 4. The first-order valence-corrected chi connectivity index (χ1v) is 7.70. The maximum absolute atomic E-state index is 12.2. The lowest BCUT2D eigenvalue weighted by atomic mass is 10.3. The summed E-state index contributed by atoms with van der Waals surface area (Å²) in [7, 11) is -0.585. The van der Waals surface area contributed by atoms with E-state index in [1.807, 2.05) is 6.92 Å². The van der Waals surface area contributed by atoms with Gasteiger partial charge < -0.3 is 9.88 Å². The summed E-state index contributed by atoms with van der Waals surface area (Å²) in [6.07, 6.45) is 2.97. The zero-order valence-electron chi connectivity index (χ0n) is 12.0. The van der Waals surface area contributed by atoms with Gasteiger partial charge in [-0.15, -0.1) is 0 Å². The molecule has 0 aromatic carbocycles. The predicted octanol–water partition coefficient (Wildman–Crippen LogP) is -0.105. The van der Waals surface area contributed by atoms with Crippen LogP contribution in [0.3, 0.4) is 0 Å². The Kier molecular flexibility index (Phi) is 4.14. The number of nitrogens with zero attached hydrogens (tertiary/aromatic N) is 2. The van der Waals surface area contributed by atoms with Crippen molar-refractivity contribution in [2.24, 2.45) is 7.05 Å². The first-order chi connectivity index (χ1) is 9.85. The van der Waals surface area contributed by atoms with E-state index in [1.54, 1.807) is 13.2 Å². The summed E-state index contributed by atoms with van der Waals surface area (Å²) < 4.78 is 28.4. The Bertz CT molecular complexity index is 760. The molecule has 114 valence electrons. The lowest BCUT2D eigenvalue weighted by molar-refractivity contribution is 0.0955. The molecule has 0 aliphatic carbocycles. The molecule has 8 nitrogen and oxygen atoms in total. The molecule has 2 aromatic heterocycles. The number of carbonyl (C=O) groups excluding carboxylic acids is 1. The van der Waals surface area contributed by atoms with E-state index in [1.165, 1.54) is 23.9 Å². The highest BCUT2D eigenvalue weighted by Crippen LogP contribution is 2.14. The zero-order valence-corrected chi connectivity index (χ0v) is 12.8. The van der Waals surface area contributed by atoms with Crippen molar-refractivity contribution in [1.82, 2.24) is 24.8 Å². The van der Waals surface area contributed by atoms with Crippen LogP contribution < -0.4 is 10.0 Å². The Hall–Kier alpha value is -2.13. The summed E-state index contributed by atoms with van der Waals surface area (Å²) >= 11 is 0. The smallest absolute Gasteiger partial charge is 0.267 e. The van der Waals surface area contributed by atoms with Crippen LogP contribution in [0.15, 0.2) is 23.4 Å². The molecule has 0 atom stereocenters. The Morgan fingerprint density at radius 3 is 2.76 bits per heavy atom. The van der Waals surface area contributed by atoms with Crippen LogP contribution in [0.2, 0.25) is 0 Å². The van der Waals surface area contributed by atoms with Gasteiger partial charge in [0.15, 0.2) is 0 Å². The molecule has 0 bridgehead atoms. The molecule has 0 aliphatic rings. The number of amides is 1. The largest absolute Gasteiger partial charge is 0.354 e. The number of nitrogens with one attached hydrogen (secondary N) is 3. The van der Waals surface area contributed by atoms with Gasteiger partial charge in [0.2, 0.25) is 10.0 Å². The number of rotatable bonds is 5. The van der Waals surface area contributed by atoms with Crippen molar-refractivity contribution in [2.45, 2.75) is 18.4 Å². The number of sulfonamides is 1. The third kappa shape index (κ3) is 3.14. The van der Waals surface area contributed by atoms with Crippen LogP contribution in [0.5, 0.6) is 0 Å². The Labute approximate surface area is 122 Å². The minimum atomic E-state index is -3.69. The first-order valence-electron chi connectivity index (χ1n) is 6.22. The molecule has 2 heterocycles. The minimum Gasteiger partial charge on any atom is -0.354 e. The molecule has 0 saturated heterocycles. The van der Waals surface area contributed by atoms with E-state index in [0.29, 0.717) is 0 Å². The van der Waals surface area contributed by atoms with Gasteiger partial charge in [-0.1, -0.05) is 0 Å². The van der Waals surface area contributed by atoms with E-state index in [4.69, 9.17) is 0 Å². The third-order valence-electron chi connectivity index (χ3n) is 3.14. The van der Waals surface area contributed by atoms with Crippen molar-refractivity contribution in [3.05, 3.63) is 35.4 Å². The first kappa shape index (κ1) is 15.3. The van der Waals surface area contributed by atoms with Gasteiger partial charge in [-0.3, -0.25) is 9.89 Å². The Balaban J connectivity index is 2.20. The zero-order chi connectivity index (χ0) is 15.6. The SMILES string of the molecule is CNC(=O)c1cc(S(=O)(=O)NCc2cn[nH]c2C)cn1C. The second-order valence-electron chi connectivity index (χ2n) is 4.60. The highest BCUT2D eigenvalue weighted by atomic mass is 32.2. The molecule has 1 amide bonds. The van der Waals surface area contributed by atoms with Gasteiger partial charge in [0, 0.05) is 38.1 Å². The van der Waals surface area contributed by atoms with Crippen LogP contribution in [0.1, 0.15) is 21.7 Å². The monoisotopic (exact) mass is 311 g/mol. The summed E-state index contributed by atoms with van der Waals surface area (Å²) in [6.45, 7) is 1.94. The van der Waals surface area contributed by atoms with E-state index in [9.17, 15) is 13.2 Å². The van der Waals surface area contributed by atoms with Crippen LogP contribution in [0.25, 0.3) is 0 Å². The summed E-state index contributed by atoms with van der Waals surface area (Å²) in [4.78, 5) is 11.7. The summed E-state index contributed by atoms with van der Waals surface area (Å²) in [5, 5.41) is 9.03. The molecular weight excluding hydrogens is 294 g/mol. The molecule has 0 unspecified atom stereocenters. The Morgan fingerprint density at radius 2 is 2.19 bits per heavy atom.